The summed E-state index contributed by atoms with van der Waals surface area (Å²) < 4.78 is 22.5. The Morgan fingerprint density at radius 3 is 2.56 bits per heavy atom. The van der Waals surface area contributed by atoms with Crippen molar-refractivity contribution in [3.8, 4) is 0 Å². The second-order valence-corrected chi connectivity index (χ2v) is 7.72. The number of nitrogens with zero attached hydrogens (tertiary/aromatic N) is 1. The van der Waals surface area contributed by atoms with Crippen LogP contribution in [0, 0.1) is 0 Å². The Morgan fingerprint density at radius 2 is 1.88 bits per heavy atom. The molecule has 0 fully saturated rings. The number of hydrogen-bond donors (Lipinski definition) is 2. The van der Waals surface area contributed by atoms with Crippen LogP contribution >= 0.6 is 0 Å². The third-order valence-corrected chi connectivity index (χ3v) is 5.32. The van der Waals surface area contributed by atoms with Gasteiger partial charge in [0, 0.05) is 18.8 Å². The number of anilines is 1. The van der Waals surface area contributed by atoms with E-state index >= 15 is 0 Å². The lowest BCUT2D eigenvalue weighted by atomic mass is 10.2. The number of nitrogens with one attached hydrogen (secondary N) is 1. The summed E-state index contributed by atoms with van der Waals surface area (Å²) in [4.78, 5) is 14.6. The topological polar surface area (TPSA) is 92.5 Å². The van der Waals surface area contributed by atoms with Crippen LogP contribution in [0.4, 0.5) is 5.69 Å². The van der Waals surface area contributed by atoms with Crippen LogP contribution in [0.15, 0.2) is 53.4 Å². The van der Waals surface area contributed by atoms with Gasteiger partial charge in [0.05, 0.1) is 10.9 Å². The fourth-order valence-corrected chi connectivity index (χ4v) is 3.47. The second kappa shape index (κ2) is 6.95. The van der Waals surface area contributed by atoms with E-state index < -0.39 is 10.0 Å². The van der Waals surface area contributed by atoms with Crippen molar-refractivity contribution in [3.05, 3.63) is 59.7 Å². The average Bonchev–Trinajstić information content (AvgIpc) is 3.02. The molecule has 0 radical (unpaired) electrons. The number of primary sulfonamides is 1. The van der Waals surface area contributed by atoms with E-state index in [4.69, 9.17) is 5.14 Å². The molecular formula is C18H21N3O3S. The summed E-state index contributed by atoms with van der Waals surface area (Å²) in [5.74, 6) is 0.0334. The molecule has 0 aliphatic carbocycles. The number of para-hydroxylation sites is 1. The highest BCUT2D eigenvalue weighted by molar-refractivity contribution is 7.89. The van der Waals surface area contributed by atoms with Crippen molar-refractivity contribution in [2.75, 3.05) is 11.4 Å². The zero-order chi connectivity index (χ0) is 18.0. The Bertz CT molecular complexity index is 879. The van der Waals surface area contributed by atoms with Crippen molar-refractivity contribution < 1.29 is 13.2 Å². The van der Waals surface area contributed by atoms with Crippen LogP contribution in [0.1, 0.15) is 18.1 Å². The minimum Gasteiger partial charge on any atom is -0.310 e. The molecule has 2 aromatic carbocycles. The zero-order valence-electron chi connectivity index (χ0n) is 14.0. The number of amides is 1. The van der Waals surface area contributed by atoms with Crippen LogP contribution in [0.3, 0.4) is 0 Å². The van der Waals surface area contributed by atoms with Crippen molar-refractivity contribution >= 4 is 21.6 Å². The third-order valence-electron chi connectivity index (χ3n) is 4.39. The Hall–Kier alpha value is -2.22. The van der Waals surface area contributed by atoms with Gasteiger partial charge >= 0.3 is 0 Å². The van der Waals surface area contributed by atoms with E-state index in [9.17, 15) is 13.2 Å². The minimum atomic E-state index is -3.68. The summed E-state index contributed by atoms with van der Waals surface area (Å²) >= 11 is 0. The van der Waals surface area contributed by atoms with Crippen molar-refractivity contribution in [2.24, 2.45) is 5.14 Å². The predicted molar refractivity (Wildman–Crippen MR) is 96.6 cm³/mol. The largest absolute Gasteiger partial charge is 0.310 e. The molecular weight excluding hydrogens is 338 g/mol. The Balaban J connectivity index is 1.61. The van der Waals surface area contributed by atoms with E-state index in [0.29, 0.717) is 13.1 Å². The predicted octanol–water partition coefficient (Wildman–Crippen LogP) is 1.40. The monoisotopic (exact) mass is 359 g/mol. The van der Waals surface area contributed by atoms with Gasteiger partial charge in [-0.3, -0.25) is 4.79 Å². The Labute approximate surface area is 147 Å². The highest BCUT2D eigenvalue weighted by Crippen LogP contribution is 2.27. The van der Waals surface area contributed by atoms with Gasteiger partial charge in [0.2, 0.25) is 15.9 Å². The first-order valence-corrected chi connectivity index (χ1v) is 9.65. The first kappa shape index (κ1) is 17.6. The lowest BCUT2D eigenvalue weighted by Crippen LogP contribution is -2.44. The van der Waals surface area contributed by atoms with Gasteiger partial charge in [0.1, 0.15) is 0 Å². The number of nitrogens with two attached hydrogens (primary N) is 1. The van der Waals surface area contributed by atoms with E-state index in [1.165, 1.54) is 17.7 Å². The second-order valence-electron chi connectivity index (χ2n) is 6.16. The van der Waals surface area contributed by atoms with E-state index in [2.05, 4.69) is 5.32 Å². The quantitative estimate of drug-likeness (QED) is 0.844. The highest BCUT2D eigenvalue weighted by atomic mass is 32.2. The smallest absolute Gasteiger partial charge is 0.243 e. The highest BCUT2D eigenvalue weighted by Gasteiger charge is 2.27. The van der Waals surface area contributed by atoms with Crippen LogP contribution in [0.25, 0.3) is 0 Å². The van der Waals surface area contributed by atoms with Gasteiger partial charge in [-0.15, -0.1) is 0 Å². The number of hydrogen-bond acceptors (Lipinski definition) is 4. The minimum absolute atomic E-state index is 0.0334. The molecule has 1 aliphatic heterocycles. The SMILES string of the molecule is C[C@@H](NCc1ccc(S(N)(=O)=O)cc1)C(=O)N1CCc2ccccc21. The first-order chi connectivity index (χ1) is 11.9. The summed E-state index contributed by atoms with van der Waals surface area (Å²) in [6.07, 6.45) is 0.879. The number of sulfonamides is 1. The van der Waals surface area contributed by atoms with Crippen molar-refractivity contribution in [3.63, 3.8) is 0 Å². The normalized spacial score (nSPS) is 15.0. The van der Waals surface area contributed by atoms with Crippen molar-refractivity contribution in [1.82, 2.24) is 5.32 Å². The Morgan fingerprint density at radius 1 is 1.20 bits per heavy atom. The van der Waals surface area contributed by atoms with Gasteiger partial charge in [0.15, 0.2) is 0 Å². The maximum absolute atomic E-state index is 12.7. The number of benzene rings is 2. The van der Waals surface area contributed by atoms with E-state index in [0.717, 1.165) is 17.7 Å². The third kappa shape index (κ3) is 3.89. The van der Waals surface area contributed by atoms with E-state index in [-0.39, 0.29) is 16.8 Å². The molecule has 0 spiro atoms. The zero-order valence-corrected chi connectivity index (χ0v) is 14.8. The molecule has 1 atom stereocenters. The molecule has 3 N–H and O–H groups in total. The molecule has 25 heavy (non-hydrogen) atoms. The van der Waals surface area contributed by atoms with Gasteiger partial charge in [-0.25, -0.2) is 13.6 Å². The van der Waals surface area contributed by atoms with Gasteiger partial charge < -0.3 is 10.2 Å². The summed E-state index contributed by atoms with van der Waals surface area (Å²) in [6.45, 7) is 3.00. The van der Waals surface area contributed by atoms with Crippen LogP contribution in [-0.4, -0.2) is 26.9 Å². The molecule has 3 rings (SSSR count). The molecule has 1 amide bonds. The van der Waals surface area contributed by atoms with Crippen LogP contribution in [0.2, 0.25) is 0 Å². The number of fused-ring (bicyclic) bond motifs is 1. The fraction of sp³-hybridized carbons (Fsp3) is 0.278. The van der Waals surface area contributed by atoms with Crippen molar-refractivity contribution in [2.45, 2.75) is 30.8 Å². The Kier molecular flexibility index (Phi) is 4.89. The van der Waals surface area contributed by atoms with Crippen LogP contribution in [0.5, 0.6) is 0 Å². The molecule has 0 aromatic heterocycles. The van der Waals surface area contributed by atoms with Gasteiger partial charge in [-0.2, -0.15) is 0 Å². The molecule has 0 bridgehead atoms. The van der Waals surface area contributed by atoms with E-state index in [1.807, 2.05) is 36.1 Å². The molecule has 1 aliphatic rings. The molecule has 0 unspecified atom stereocenters. The molecule has 0 saturated heterocycles. The summed E-state index contributed by atoms with van der Waals surface area (Å²) in [5, 5.41) is 8.28. The molecule has 7 heteroatoms. The lowest BCUT2D eigenvalue weighted by molar-refractivity contribution is -0.120. The maximum Gasteiger partial charge on any atom is 0.243 e. The number of rotatable bonds is 5. The molecule has 2 aromatic rings. The van der Waals surface area contributed by atoms with E-state index in [1.54, 1.807) is 12.1 Å². The molecule has 0 saturated carbocycles. The molecule has 1 heterocycles. The molecule has 132 valence electrons. The first-order valence-electron chi connectivity index (χ1n) is 8.10. The van der Waals surface area contributed by atoms with Gasteiger partial charge in [-0.1, -0.05) is 30.3 Å². The lowest BCUT2D eigenvalue weighted by Gasteiger charge is -2.22. The van der Waals surface area contributed by atoms with Gasteiger partial charge in [0.25, 0.3) is 0 Å². The standard InChI is InChI=1S/C18H21N3O3S/c1-13(18(22)21-11-10-15-4-2-3-5-17(15)21)20-12-14-6-8-16(9-7-14)25(19,23)24/h2-9,13,20H,10-12H2,1H3,(H2,19,23,24)/t13-/m1/s1. The van der Waals surface area contributed by atoms with Crippen LogP contribution in [-0.2, 0) is 27.8 Å². The number of carbonyl (C=O) groups excluding carboxylic acids is 1. The van der Waals surface area contributed by atoms with Gasteiger partial charge in [-0.05, 0) is 42.7 Å². The van der Waals surface area contributed by atoms with Crippen molar-refractivity contribution in [1.29, 1.82) is 0 Å². The van der Waals surface area contributed by atoms with Crippen LogP contribution < -0.4 is 15.4 Å². The maximum atomic E-state index is 12.7. The fourth-order valence-electron chi connectivity index (χ4n) is 2.96. The summed E-state index contributed by atoms with van der Waals surface area (Å²) in [5.41, 5.74) is 3.06. The number of carbonyl (C=O) groups is 1. The summed E-state index contributed by atoms with van der Waals surface area (Å²) in [7, 11) is -3.68. The average molecular weight is 359 g/mol. The summed E-state index contributed by atoms with van der Waals surface area (Å²) in [6, 6.07) is 13.9. The molecule has 6 nitrogen and oxygen atoms in total.